The molecule has 1 amide bonds. The van der Waals surface area contributed by atoms with Crippen molar-refractivity contribution in [1.29, 1.82) is 0 Å². The molecule has 2 heterocycles. The number of H-pyrrole nitrogens is 1. The summed E-state index contributed by atoms with van der Waals surface area (Å²) >= 11 is 0. The summed E-state index contributed by atoms with van der Waals surface area (Å²) in [5.74, 6) is -0.667. The lowest BCUT2D eigenvalue weighted by Gasteiger charge is -2.27. The Morgan fingerprint density at radius 1 is 1.50 bits per heavy atom. The van der Waals surface area contributed by atoms with Crippen molar-refractivity contribution >= 4 is 11.9 Å². The van der Waals surface area contributed by atoms with Crippen LogP contribution in [0, 0.1) is 5.92 Å². The van der Waals surface area contributed by atoms with Gasteiger partial charge in [0, 0.05) is 13.0 Å². The SMILES string of the molecule is O=C1C[C@H](C(=O)NCCc2cn[nH]n2)C2(CCCC2)O1. The zero-order valence-corrected chi connectivity index (χ0v) is 11.2. The first kappa shape index (κ1) is 13.1. The number of carbonyl (C=O) groups is 2. The highest BCUT2D eigenvalue weighted by Crippen LogP contribution is 2.45. The Kier molecular flexibility index (Phi) is 3.42. The van der Waals surface area contributed by atoms with Gasteiger partial charge < -0.3 is 10.1 Å². The first-order valence-corrected chi connectivity index (χ1v) is 7.04. The van der Waals surface area contributed by atoms with E-state index < -0.39 is 5.60 Å². The number of carbonyl (C=O) groups excluding carboxylic acids is 2. The van der Waals surface area contributed by atoms with Crippen LogP contribution in [0.4, 0.5) is 0 Å². The van der Waals surface area contributed by atoms with Gasteiger partial charge in [0.15, 0.2) is 0 Å². The van der Waals surface area contributed by atoms with Crippen molar-refractivity contribution in [2.24, 2.45) is 5.92 Å². The number of ether oxygens (including phenoxy) is 1. The molecule has 0 aromatic carbocycles. The van der Waals surface area contributed by atoms with E-state index in [-0.39, 0.29) is 24.2 Å². The van der Waals surface area contributed by atoms with Crippen LogP contribution in [0.15, 0.2) is 6.20 Å². The van der Waals surface area contributed by atoms with Gasteiger partial charge in [0.2, 0.25) is 5.91 Å². The zero-order valence-electron chi connectivity index (χ0n) is 11.2. The van der Waals surface area contributed by atoms with E-state index in [9.17, 15) is 9.59 Å². The molecule has 2 aliphatic rings. The Labute approximate surface area is 116 Å². The molecular formula is C13H18N4O3. The van der Waals surface area contributed by atoms with Gasteiger partial charge in [-0.1, -0.05) is 0 Å². The molecule has 7 heteroatoms. The van der Waals surface area contributed by atoms with Gasteiger partial charge >= 0.3 is 5.97 Å². The number of hydrogen-bond acceptors (Lipinski definition) is 5. The van der Waals surface area contributed by atoms with Crippen LogP contribution < -0.4 is 5.32 Å². The molecule has 1 aliphatic carbocycles. The van der Waals surface area contributed by atoms with Crippen molar-refractivity contribution < 1.29 is 14.3 Å². The summed E-state index contributed by atoms with van der Waals surface area (Å²) in [6.45, 7) is 0.492. The Balaban J connectivity index is 1.57. The van der Waals surface area contributed by atoms with Crippen LogP contribution >= 0.6 is 0 Å². The second-order valence-electron chi connectivity index (χ2n) is 5.51. The molecule has 1 atom stereocenters. The summed E-state index contributed by atoms with van der Waals surface area (Å²) in [6, 6.07) is 0. The van der Waals surface area contributed by atoms with E-state index in [1.54, 1.807) is 6.20 Å². The number of esters is 1. The van der Waals surface area contributed by atoms with Crippen LogP contribution in [-0.2, 0) is 20.7 Å². The van der Waals surface area contributed by atoms with Crippen LogP contribution in [0.3, 0.4) is 0 Å². The molecule has 20 heavy (non-hydrogen) atoms. The molecule has 0 unspecified atom stereocenters. The maximum atomic E-state index is 12.3. The highest BCUT2D eigenvalue weighted by atomic mass is 16.6. The summed E-state index contributed by atoms with van der Waals surface area (Å²) < 4.78 is 5.47. The summed E-state index contributed by atoms with van der Waals surface area (Å²) in [4.78, 5) is 23.8. The zero-order chi connectivity index (χ0) is 14.0. The van der Waals surface area contributed by atoms with Gasteiger partial charge in [-0.25, -0.2) is 0 Å². The summed E-state index contributed by atoms with van der Waals surface area (Å²) in [5.41, 5.74) is 0.273. The molecule has 2 fully saturated rings. The Morgan fingerprint density at radius 2 is 2.30 bits per heavy atom. The topological polar surface area (TPSA) is 97.0 Å². The molecule has 1 aliphatic heterocycles. The average molecular weight is 278 g/mol. The number of aromatic amines is 1. The van der Waals surface area contributed by atoms with E-state index in [1.165, 1.54) is 0 Å². The van der Waals surface area contributed by atoms with Crippen molar-refractivity contribution in [3.63, 3.8) is 0 Å². The first-order valence-electron chi connectivity index (χ1n) is 7.04. The van der Waals surface area contributed by atoms with Gasteiger partial charge in [0.05, 0.1) is 24.2 Å². The van der Waals surface area contributed by atoms with Gasteiger partial charge in [-0.05, 0) is 25.7 Å². The molecule has 7 nitrogen and oxygen atoms in total. The van der Waals surface area contributed by atoms with E-state index in [1.807, 2.05) is 0 Å². The maximum absolute atomic E-state index is 12.3. The van der Waals surface area contributed by atoms with E-state index in [0.29, 0.717) is 13.0 Å². The molecule has 1 aromatic rings. The molecule has 0 radical (unpaired) electrons. The molecule has 1 spiro atoms. The first-order chi connectivity index (χ1) is 9.70. The largest absolute Gasteiger partial charge is 0.458 e. The third-order valence-corrected chi connectivity index (χ3v) is 4.23. The van der Waals surface area contributed by atoms with E-state index in [0.717, 1.165) is 31.4 Å². The number of nitrogens with one attached hydrogen (secondary N) is 2. The fourth-order valence-corrected chi connectivity index (χ4v) is 3.23. The highest BCUT2D eigenvalue weighted by molar-refractivity contribution is 5.87. The Hall–Kier alpha value is -1.92. The number of nitrogens with zero attached hydrogens (tertiary/aromatic N) is 2. The van der Waals surface area contributed by atoms with Gasteiger partial charge in [0.1, 0.15) is 5.60 Å². The number of hydrogen-bond donors (Lipinski definition) is 2. The number of amides is 1. The molecule has 1 saturated carbocycles. The normalized spacial score (nSPS) is 24.0. The lowest BCUT2D eigenvalue weighted by molar-refractivity contribution is -0.149. The Morgan fingerprint density at radius 3 is 3.00 bits per heavy atom. The second kappa shape index (κ2) is 5.22. The fraction of sp³-hybridized carbons (Fsp3) is 0.692. The Bertz CT molecular complexity index is 494. The summed E-state index contributed by atoms with van der Waals surface area (Å²) in [7, 11) is 0. The van der Waals surface area contributed by atoms with Crippen molar-refractivity contribution in [2.75, 3.05) is 6.54 Å². The van der Waals surface area contributed by atoms with Gasteiger partial charge in [0.25, 0.3) is 0 Å². The van der Waals surface area contributed by atoms with Crippen molar-refractivity contribution in [1.82, 2.24) is 20.7 Å². The summed E-state index contributed by atoms with van der Waals surface area (Å²) in [5, 5.41) is 13.1. The van der Waals surface area contributed by atoms with E-state index >= 15 is 0 Å². The van der Waals surface area contributed by atoms with Gasteiger partial charge in [-0.2, -0.15) is 15.4 Å². The van der Waals surface area contributed by atoms with Crippen LogP contribution in [0.1, 0.15) is 37.8 Å². The fourth-order valence-electron chi connectivity index (χ4n) is 3.23. The molecular weight excluding hydrogens is 260 g/mol. The maximum Gasteiger partial charge on any atom is 0.307 e. The molecule has 0 bridgehead atoms. The van der Waals surface area contributed by atoms with Crippen molar-refractivity contribution in [3.05, 3.63) is 11.9 Å². The van der Waals surface area contributed by atoms with Crippen LogP contribution in [0.2, 0.25) is 0 Å². The van der Waals surface area contributed by atoms with Crippen molar-refractivity contribution in [3.8, 4) is 0 Å². The minimum absolute atomic E-state index is 0.0822. The molecule has 1 saturated heterocycles. The standard InChI is InChI=1S/C13H18N4O3/c18-11-7-10(13(20-11)4-1-2-5-13)12(19)14-6-3-9-8-15-17-16-9/h8,10H,1-7H2,(H,14,19)(H,15,16,17)/t10-/m1/s1. The van der Waals surface area contributed by atoms with Crippen LogP contribution in [0.25, 0.3) is 0 Å². The van der Waals surface area contributed by atoms with Gasteiger partial charge in [-0.3, -0.25) is 9.59 Å². The number of aromatic nitrogens is 3. The second-order valence-corrected chi connectivity index (χ2v) is 5.51. The predicted octanol–water partition coefficient (Wildman–Crippen LogP) is 0.339. The minimum atomic E-state index is -0.533. The quantitative estimate of drug-likeness (QED) is 0.774. The molecule has 108 valence electrons. The summed E-state index contributed by atoms with van der Waals surface area (Å²) in [6.07, 6.45) is 6.12. The van der Waals surface area contributed by atoms with Gasteiger partial charge in [-0.15, -0.1) is 0 Å². The van der Waals surface area contributed by atoms with Crippen molar-refractivity contribution in [2.45, 2.75) is 44.1 Å². The predicted molar refractivity (Wildman–Crippen MR) is 68.5 cm³/mol. The lowest BCUT2D eigenvalue weighted by atomic mass is 9.85. The monoisotopic (exact) mass is 278 g/mol. The van der Waals surface area contributed by atoms with E-state index in [4.69, 9.17) is 4.74 Å². The van der Waals surface area contributed by atoms with Crippen LogP contribution in [-0.4, -0.2) is 39.4 Å². The van der Waals surface area contributed by atoms with E-state index in [2.05, 4.69) is 20.7 Å². The molecule has 2 N–H and O–H groups in total. The lowest BCUT2D eigenvalue weighted by Crippen LogP contribution is -2.43. The number of rotatable bonds is 4. The minimum Gasteiger partial charge on any atom is -0.458 e. The third kappa shape index (κ3) is 2.39. The highest BCUT2D eigenvalue weighted by Gasteiger charge is 2.53. The molecule has 1 aromatic heterocycles. The average Bonchev–Trinajstić information content (AvgIpc) is 3.12. The smallest absolute Gasteiger partial charge is 0.307 e. The third-order valence-electron chi connectivity index (χ3n) is 4.23. The molecule has 3 rings (SSSR count). The van der Waals surface area contributed by atoms with Crippen LogP contribution in [0.5, 0.6) is 0 Å².